The SMILES string of the molecule is Cc1cc(C(=O)O)cc(N(C)Cc2csc(Br)c2)n1. The Balaban J connectivity index is 2.23. The predicted octanol–water partition coefficient (Wildman–Crippen LogP) is 3.55. The van der Waals surface area contributed by atoms with Gasteiger partial charge in [-0.15, -0.1) is 11.3 Å². The van der Waals surface area contributed by atoms with Crippen LogP contribution in [0, 0.1) is 6.92 Å². The average Bonchev–Trinajstić information content (AvgIpc) is 2.73. The molecule has 0 saturated carbocycles. The van der Waals surface area contributed by atoms with E-state index in [4.69, 9.17) is 5.11 Å². The molecule has 6 heteroatoms. The standard InChI is InChI=1S/C13H13BrN2O2S/c1-8-3-10(13(17)18)5-12(15-8)16(2)6-9-4-11(14)19-7-9/h3-5,7H,6H2,1-2H3,(H,17,18). The molecule has 0 amide bonds. The van der Waals surface area contributed by atoms with E-state index < -0.39 is 5.97 Å². The smallest absolute Gasteiger partial charge is 0.335 e. The number of hydrogen-bond donors (Lipinski definition) is 1. The van der Waals surface area contributed by atoms with Crippen molar-refractivity contribution >= 4 is 39.1 Å². The number of carboxylic acid groups (broad SMARTS) is 1. The fourth-order valence-corrected chi connectivity index (χ4v) is 2.95. The molecule has 2 aromatic heterocycles. The molecule has 0 spiro atoms. The number of aromatic nitrogens is 1. The minimum absolute atomic E-state index is 0.265. The summed E-state index contributed by atoms with van der Waals surface area (Å²) in [6, 6.07) is 5.21. The van der Waals surface area contributed by atoms with Crippen molar-refractivity contribution in [3.8, 4) is 0 Å². The Hall–Kier alpha value is -1.40. The van der Waals surface area contributed by atoms with E-state index in [1.807, 2.05) is 11.9 Å². The zero-order chi connectivity index (χ0) is 14.0. The highest BCUT2D eigenvalue weighted by molar-refractivity contribution is 9.11. The third-order valence-electron chi connectivity index (χ3n) is 2.62. The molecule has 0 bridgehead atoms. The van der Waals surface area contributed by atoms with Crippen LogP contribution in [0.5, 0.6) is 0 Å². The van der Waals surface area contributed by atoms with Crippen LogP contribution < -0.4 is 4.90 Å². The lowest BCUT2D eigenvalue weighted by Gasteiger charge is -2.18. The number of hydrogen-bond acceptors (Lipinski definition) is 4. The van der Waals surface area contributed by atoms with Crippen LogP contribution in [0.25, 0.3) is 0 Å². The number of halogens is 1. The van der Waals surface area contributed by atoms with E-state index in [0.717, 1.165) is 3.79 Å². The molecule has 0 atom stereocenters. The van der Waals surface area contributed by atoms with Crippen molar-refractivity contribution in [3.63, 3.8) is 0 Å². The number of thiophene rings is 1. The van der Waals surface area contributed by atoms with Gasteiger partial charge in [-0.3, -0.25) is 0 Å². The van der Waals surface area contributed by atoms with E-state index in [0.29, 0.717) is 18.1 Å². The number of carboxylic acids is 1. The van der Waals surface area contributed by atoms with E-state index in [1.54, 1.807) is 30.4 Å². The lowest BCUT2D eigenvalue weighted by Crippen LogP contribution is -2.18. The van der Waals surface area contributed by atoms with E-state index in [1.165, 1.54) is 5.56 Å². The summed E-state index contributed by atoms with van der Waals surface area (Å²) in [6.45, 7) is 2.49. The van der Waals surface area contributed by atoms with Gasteiger partial charge in [0.1, 0.15) is 5.82 Å². The third kappa shape index (κ3) is 3.54. The molecule has 0 aliphatic carbocycles. The molecule has 0 unspecified atom stereocenters. The minimum atomic E-state index is -0.932. The van der Waals surface area contributed by atoms with Crippen LogP contribution >= 0.6 is 27.3 Å². The number of nitrogens with zero attached hydrogens (tertiary/aromatic N) is 2. The van der Waals surface area contributed by atoms with E-state index >= 15 is 0 Å². The van der Waals surface area contributed by atoms with Crippen molar-refractivity contribution in [1.82, 2.24) is 4.98 Å². The van der Waals surface area contributed by atoms with Gasteiger partial charge in [-0.05, 0) is 52.0 Å². The van der Waals surface area contributed by atoms with Crippen molar-refractivity contribution in [2.75, 3.05) is 11.9 Å². The van der Waals surface area contributed by atoms with Gasteiger partial charge < -0.3 is 10.0 Å². The van der Waals surface area contributed by atoms with Gasteiger partial charge in [0.2, 0.25) is 0 Å². The second kappa shape index (κ2) is 5.71. The molecular weight excluding hydrogens is 328 g/mol. The van der Waals surface area contributed by atoms with Gasteiger partial charge in [0.15, 0.2) is 0 Å². The van der Waals surface area contributed by atoms with Crippen LogP contribution in [0.3, 0.4) is 0 Å². The maximum Gasteiger partial charge on any atom is 0.335 e. The third-order valence-corrected chi connectivity index (χ3v) is 4.17. The fourth-order valence-electron chi connectivity index (χ4n) is 1.75. The van der Waals surface area contributed by atoms with Crippen LogP contribution in [-0.2, 0) is 6.54 Å². The summed E-state index contributed by atoms with van der Waals surface area (Å²) in [5.41, 5.74) is 2.13. The molecule has 0 aromatic carbocycles. The molecule has 1 N–H and O–H groups in total. The molecule has 0 radical (unpaired) electrons. The first-order valence-electron chi connectivity index (χ1n) is 5.62. The molecule has 4 nitrogen and oxygen atoms in total. The minimum Gasteiger partial charge on any atom is -0.478 e. The lowest BCUT2D eigenvalue weighted by molar-refractivity contribution is 0.0696. The van der Waals surface area contributed by atoms with Gasteiger partial charge in [-0.2, -0.15) is 0 Å². The molecule has 0 fully saturated rings. The second-order valence-corrected chi connectivity index (χ2v) is 6.57. The lowest BCUT2D eigenvalue weighted by atomic mass is 10.2. The molecule has 2 heterocycles. The first-order chi connectivity index (χ1) is 8.95. The summed E-state index contributed by atoms with van der Waals surface area (Å²) in [6.07, 6.45) is 0. The van der Waals surface area contributed by atoms with Crippen molar-refractivity contribution in [3.05, 3.63) is 44.2 Å². The molecule has 19 heavy (non-hydrogen) atoms. The Morgan fingerprint density at radius 2 is 2.21 bits per heavy atom. The molecule has 0 aliphatic heterocycles. The molecule has 0 aliphatic rings. The summed E-state index contributed by atoms with van der Waals surface area (Å²) in [5, 5.41) is 11.1. The summed E-state index contributed by atoms with van der Waals surface area (Å²) >= 11 is 5.06. The Kier molecular flexibility index (Phi) is 4.21. The van der Waals surface area contributed by atoms with E-state index in [-0.39, 0.29) is 5.56 Å². The van der Waals surface area contributed by atoms with Crippen LogP contribution in [0.4, 0.5) is 5.82 Å². The first-order valence-corrected chi connectivity index (χ1v) is 7.29. The monoisotopic (exact) mass is 340 g/mol. The molecular formula is C13H13BrN2O2S. The van der Waals surface area contributed by atoms with E-state index in [2.05, 4.69) is 32.4 Å². The van der Waals surface area contributed by atoms with Crippen molar-refractivity contribution in [1.29, 1.82) is 0 Å². The Bertz CT molecular complexity index is 612. The number of pyridine rings is 1. The predicted molar refractivity (Wildman–Crippen MR) is 80.1 cm³/mol. The number of aromatic carboxylic acids is 1. The molecule has 100 valence electrons. The number of rotatable bonds is 4. The highest BCUT2D eigenvalue weighted by atomic mass is 79.9. The average molecular weight is 341 g/mol. The van der Waals surface area contributed by atoms with Gasteiger partial charge >= 0.3 is 5.97 Å². The summed E-state index contributed by atoms with van der Waals surface area (Å²) in [7, 11) is 1.90. The topological polar surface area (TPSA) is 53.4 Å². The maximum absolute atomic E-state index is 11.0. The number of carbonyl (C=O) groups is 1. The fraction of sp³-hybridized carbons (Fsp3) is 0.231. The van der Waals surface area contributed by atoms with Crippen molar-refractivity contribution in [2.45, 2.75) is 13.5 Å². The normalized spacial score (nSPS) is 10.5. The Labute approximate surface area is 123 Å². The number of aryl methyl sites for hydroxylation is 1. The molecule has 0 saturated heterocycles. The van der Waals surface area contributed by atoms with Crippen molar-refractivity contribution in [2.24, 2.45) is 0 Å². The molecule has 2 rings (SSSR count). The summed E-state index contributed by atoms with van der Waals surface area (Å²) < 4.78 is 1.08. The van der Waals surface area contributed by atoms with E-state index in [9.17, 15) is 4.79 Å². The van der Waals surface area contributed by atoms with Crippen LogP contribution in [0.15, 0.2) is 27.4 Å². The largest absolute Gasteiger partial charge is 0.478 e. The van der Waals surface area contributed by atoms with Crippen LogP contribution in [0.2, 0.25) is 0 Å². The number of anilines is 1. The second-order valence-electron chi connectivity index (χ2n) is 4.28. The quantitative estimate of drug-likeness (QED) is 0.924. The zero-order valence-corrected chi connectivity index (χ0v) is 13.0. The Morgan fingerprint density at radius 1 is 1.47 bits per heavy atom. The highest BCUT2D eigenvalue weighted by Crippen LogP contribution is 2.23. The maximum atomic E-state index is 11.0. The van der Waals surface area contributed by atoms with Gasteiger partial charge in [-0.25, -0.2) is 9.78 Å². The zero-order valence-electron chi connectivity index (χ0n) is 10.6. The van der Waals surface area contributed by atoms with Crippen LogP contribution in [-0.4, -0.2) is 23.1 Å². The van der Waals surface area contributed by atoms with Gasteiger partial charge in [-0.1, -0.05) is 0 Å². The highest BCUT2D eigenvalue weighted by Gasteiger charge is 2.10. The summed E-state index contributed by atoms with van der Waals surface area (Å²) in [4.78, 5) is 17.4. The summed E-state index contributed by atoms with van der Waals surface area (Å²) in [5.74, 6) is -0.266. The van der Waals surface area contributed by atoms with Gasteiger partial charge in [0.05, 0.1) is 9.35 Å². The molecule has 2 aromatic rings. The van der Waals surface area contributed by atoms with Gasteiger partial charge in [0, 0.05) is 19.3 Å². The van der Waals surface area contributed by atoms with Crippen molar-refractivity contribution < 1.29 is 9.90 Å². The van der Waals surface area contributed by atoms with Gasteiger partial charge in [0.25, 0.3) is 0 Å². The van der Waals surface area contributed by atoms with Crippen LogP contribution in [0.1, 0.15) is 21.6 Å². The first kappa shape index (κ1) is 14.0. The Morgan fingerprint density at radius 3 is 2.79 bits per heavy atom.